The number of methoxy groups -OCH3 is 1. The fourth-order valence-electron chi connectivity index (χ4n) is 2.26. The highest BCUT2D eigenvalue weighted by Gasteiger charge is 2.09. The first-order valence-electron chi connectivity index (χ1n) is 7.63. The van der Waals surface area contributed by atoms with Crippen molar-refractivity contribution in [3.63, 3.8) is 0 Å². The van der Waals surface area contributed by atoms with Crippen LogP contribution in [0.3, 0.4) is 0 Å². The number of hydrogen-bond donors (Lipinski definition) is 2. The van der Waals surface area contributed by atoms with Crippen LogP contribution in [0.4, 0.5) is 5.69 Å². The van der Waals surface area contributed by atoms with Gasteiger partial charge in [-0.15, -0.1) is 0 Å². The van der Waals surface area contributed by atoms with E-state index in [-0.39, 0.29) is 11.8 Å². The summed E-state index contributed by atoms with van der Waals surface area (Å²) >= 11 is 0. The van der Waals surface area contributed by atoms with E-state index in [9.17, 15) is 9.59 Å². The average molecular weight is 327 g/mol. The van der Waals surface area contributed by atoms with Gasteiger partial charge in [-0.3, -0.25) is 14.6 Å². The molecule has 1 aromatic heterocycles. The van der Waals surface area contributed by atoms with Crippen molar-refractivity contribution in [3.05, 3.63) is 47.8 Å². The van der Waals surface area contributed by atoms with Gasteiger partial charge in [0, 0.05) is 38.0 Å². The van der Waals surface area contributed by atoms with Crippen molar-refractivity contribution < 1.29 is 14.3 Å². The van der Waals surface area contributed by atoms with Crippen LogP contribution in [-0.2, 0) is 9.53 Å². The third-order valence-electron chi connectivity index (χ3n) is 3.46. The van der Waals surface area contributed by atoms with E-state index >= 15 is 0 Å². The summed E-state index contributed by atoms with van der Waals surface area (Å²) in [5, 5.41) is 5.49. The van der Waals surface area contributed by atoms with Crippen LogP contribution in [0.1, 0.15) is 23.0 Å². The molecule has 0 saturated heterocycles. The molecule has 6 heteroatoms. The SMILES string of the molecule is COCCNC(=O)c1ccc(-c2cc(NC(C)=O)ccc2C)cn1. The number of carbonyl (C=O) groups is 2. The van der Waals surface area contributed by atoms with Crippen LogP contribution in [0.5, 0.6) is 0 Å². The molecule has 1 aromatic carbocycles. The quantitative estimate of drug-likeness (QED) is 0.798. The van der Waals surface area contributed by atoms with E-state index in [1.54, 1.807) is 19.4 Å². The minimum atomic E-state index is -0.234. The Bertz CT molecular complexity index is 727. The summed E-state index contributed by atoms with van der Waals surface area (Å²) in [5.41, 5.74) is 3.98. The summed E-state index contributed by atoms with van der Waals surface area (Å²) < 4.78 is 4.89. The first kappa shape index (κ1) is 17.6. The van der Waals surface area contributed by atoms with Crippen LogP contribution < -0.4 is 10.6 Å². The lowest BCUT2D eigenvalue weighted by Gasteiger charge is -2.10. The summed E-state index contributed by atoms with van der Waals surface area (Å²) in [6.07, 6.45) is 1.66. The summed E-state index contributed by atoms with van der Waals surface area (Å²) in [7, 11) is 1.58. The topological polar surface area (TPSA) is 80.3 Å². The lowest BCUT2D eigenvalue weighted by molar-refractivity contribution is -0.114. The molecule has 0 aliphatic heterocycles. The number of carbonyl (C=O) groups excluding carboxylic acids is 2. The maximum atomic E-state index is 11.9. The lowest BCUT2D eigenvalue weighted by atomic mass is 10.0. The minimum absolute atomic E-state index is 0.119. The number of hydrogen-bond acceptors (Lipinski definition) is 4. The normalized spacial score (nSPS) is 10.3. The largest absolute Gasteiger partial charge is 0.383 e. The van der Waals surface area contributed by atoms with Crippen LogP contribution in [-0.4, -0.2) is 37.1 Å². The third-order valence-corrected chi connectivity index (χ3v) is 3.46. The Labute approximate surface area is 141 Å². The van der Waals surface area contributed by atoms with Crippen molar-refractivity contribution in [1.29, 1.82) is 0 Å². The molecule has 0 spiro atoms. The molecule has 126 valence electrons. The molecule has 0 unspecified atom stereocenters. The molecular formula is C18H21N3O3. The van der Waals surface area contributed by atoms with Gasteiger partial charge in [0.15, 0.2) is 0 Å². The smallest absolute Gasteiger partial charge is 0.269 e. The van der Waals surface area contributed by atoms with Gasteiger partial charge in [0.2, 0.25) is 5.91 Å². The molecule has 2 rings (SSSR count). The second-order valence-corrected chi connectivity index (χ2v) is 5.39. The van der Waals surface area contributed by atoms with Crippen LogP contribution in [0.15, 0.2) is 36.5 Å². The number of aromatic nitrogens is 1. The Balaban J connectivity index is 2.18. The van der Waals surface area contributed by atoms with Crippen molar-refractivity contribution in [2.45, 2.75) is 13.8 Å². The van der Waals surface area contributed by atoms with E-state index in [0.717, 1.165) is 22.4 Å². The van der Waals surface area contributed by atoms with Crippen LogP contribution in [0, 0.1) is 6.92 Å². The highest BCUT2D eigenvalue weighted by Crippen LogP contribution is 2.26. The van der Waals surface area contributed by atoms with E-state index < -0.39 is 0 Å². The van der Waals surface area contributed by atoms with Crippen molar-refractivity contribution in [1.82, 2.24) is 10.3 Å². The van der Waals surface area contributed by atoms with Gasteiger partial charge < -0.3 is 15.4 Å². The molecule has 2 amide bonds. The Kier molecular flexibility index (Phi) is 6.03. The van der Waals surface area contributed by atoms with Gasteiger partial charge in [0.05, 0.1) is 6.61 Å². The molecule has 0 atom stereocenters. The van der Waals surface area contributed by atoms with Crippen LogP contribution in [0.2, 0.25) is 0 Å². The Morgan fingerprint density at radius 1 is 1.21 bits per heavy atom. The molecular weight excluding hydrogens is 306 g/mol. The maximum absolute atomic E-state index is 11.9. The molecule has 6 nitrogen and oxygen atoms in total. The van der Waals surface area contributed by atoms with Gasteiger partial charge in [-0.05, 0) is 36.2 Å². The first-order chi connectivity index (χ1) is 11.5. The first-order valence-corrected chi connectivity index (χ1v) is 7.63. The molecule has 0 fully saturated rings. The van der Waals surface area contributed by atoms with Crippen LogP contribution >= 0.6 is 0 Å². The van der Waals surface area contributed by atoms with Gasteiger partial charge in [0.25, 0.3) is 5.91 Å². The third kappa shape index (κ3) is 4.63. The predicted octanol–water partition coefficient (Wildman–Crippen LogP) is 2.39. The minimum Gasteiger partial charge on any atom is -0.383 e. The second-order valence-electron chi connectivity index (χ2n) is 5.39. The number of rotatable bonds is 6. The highest BCUT2D eigenvalue weighted by atomic mass is 16.5. The zero-order valence-electron chi connectivity index (χ0n) is 14.1. The zero-order valence-corrected chi connectivity index (χ0v) is 14.1. The summed E-state index contributed by atoms with van der Waals surface area (Å²) in [5.74, 6) is -0.353. The molecule has 1 heterocycles. The average Bonchev–Trinajstić information content (AvgIpc) is 2.56. The molecule has 0 aliphatic rings. The zero-order chi connectivity index (χ0) is 17.5. The second kappa shape index (κ2) is 8.21. The summed E-state index contributed by atoms with van der Waals surface area (Å²) in [6.45, 7) is 4.35. The van der Waals surface area contributed by atoms with E-state index in [1.807, 2.05) is 31.2 Å². The van der Waals surface area contributed by atoms with E-state index in [1.165, 1.54) is 6.92 Å². The monoisotopic (exact) mass is 327 g/mol. The van der Waals surface area contributed by atoms with Gasteiger partial charge in [0.1, 0.15) is 5.69 Å². The molecule has 24 heavy (non-hydrogen) atoms. The number of benzene rings is 1. The molecule has 0 bridgehead atoms. The Morgan fingerprint density at radius 3 is 2.62 bits per heavy atom. The lowest BCUT2D eigenvalue weighted by Crippen LogP contribution is -2.27. The Morgan fingerprint density at radius 2 is 2.00 bits per heavy atom. The standard InChI is InChI=1S/C18H21N3O3/c1-12-4-6-15(21-13(2)22)10-16(12)14-5-7-17(20-11-14)18(23)19-8-9-24-3/h4-7,10-11H,8-9H2,1-3H3,(H,19,23)(H,21,22). The number of amides is 2. The number of aryl methyl sites for hydroxylation is 1. The number of pyridine rings is 1. The molecule has 2 aromatic rings. The molecule has 0 radical (unpaired) electrons. The number of anilines is 1. The number of nitrogens with zero attached hydrogens (tertiary/aromatic N) is 1. The van der Waals surface area contributed by atoms with Gasteiger partial charge in [-0.1, -0.05) is 12.1 Å². The Hall–Kier alpha value is -2.73. The molecule has 0 aliphatic carbocycles. The van der Waals surface area contributed by atoms with E-state index in [2.05, 4.69) is 15.6 Å². The van der Waals surface area contributed by atoms with Gasteiger partial charge >= 0.3 is 0 Å². The van der Waals surface area contributed by atoms with Gasteiger partial charge in [-0.2, -0.15) is 0 Å². The van der Waals surface area contributed by atoms with Crippen molar-refractivity contribution in [3.8, 4) is 11.1 Å². The highest BCUT2D eigenvalue weighted by molar-refractivity contribution is 5.93. The molecule has 0 saturated carbocycles. The van der Waals surface area contributed by atoms with Crippen molar-refractivity contribution in [2.75, 3.05) is 25.6 Å². The predicted molar refractivity (Wildman–Crippen MR) is 92.9 cm³/mol. The summed E-state index contributed by atoms with van der Waals surface area (Å²) in [4.78, 5) is 27.4. The fraction of sp³-hybridized carbons (Fsp3) is 0.278. The molecule has 2 N–H and O–H groups in total. The van der Waals surface area contributed by atoms with Crippen LogP contribution in [0.25, 0.3) is 11.1 Å². The maximum Gasteiger partial charge on any atom is 0.269 e. The fourth-order valence-corrected chi connectivity index (χ4v) is 2.26. The van der Waals surface area contributed by atoms with E-state index in [4.69, 9.17) is 4.74 Å². The van der Waals surface area contributed by atoms with Crippen molar-refractivity contribution in [2.24, 2.45) is 0 Å². The van der Waals surface area contributed by atoms with Gasteiger partial charge in [-0.25, -0.2) is 0 Å². The number of nitrogens with one attached hydrogen (secondary N) is 2. The summed E-state index contributed by atoms with van der Waals surface area (Å²) in [6, 6.07) is 9.21. The van der Waals surface area contributed by atoms with E-state index in [0.29, 0.717) is 18.8 Å². The number of ether oxygens (including phenoxy) is 1. The van der Waals surface area contributed by atoms with Crippen molar-refractivity contribution >= 4 is 17.5 Å².